The fourth-order valence-corrected chi connectivity index (χ4v) is 3.01. The second kappa shape index (κ2) is 7.92. The predicted molar refractivity (Wildman–Crippen MR) is 98.7 cm³/mol. The van der Waals surface area contributed by atoms with Gasteiger partial charge in [0.1, 0.15) is 0 Å². The Bertz CT molecular complexity index is 870. The lowest BCUT2D eigenvalue weighted by atomic mass is 10.1. The minimum Gasteiger partial charge on any atom is -0.478 e. The normalized spacial score (nSPS) is 11.1. The van der Waals surface area contributed by atoms with E-state index in [0.29, 0.717) is 11.4 Å². The van der Waals surface area contributed by atoms with Crippen molar-refractivity contribution in [3.05, 3.63) is 48.4 Å². The molecule has 5 nitrogen and oxygen atoms in total. The SMILES string of the molecule is CCCCCCCn1ccc2cc(-c3cc(C(=O)O)ccn3)ncc21. The Balaban J connectivity index is 1.77. The summed E-state index contributed by atoms with van der Waals surface area (Å²) in [6.45, 7) is 3.23. The minimum atomic E-state index is -0.959. The van der Waals surface area contributed by atoms with Crippen molar-refractivity contribution in [1.82, 2.24) is 14.5 Å². The van der Waals surface area contributed by atoms with Crippen molar-refractivity contribution in [1.29, 1.82) is 0 Å². The zero-order valence-corrected chi connectivity index (χ0v) is 14.5. The molecule has 130 valence electrons. The van der Waals surface area contributed by atoms with Crippen LogP contribution in [0, 0.1) is 0 Å². The molecule has 3 rings (SSSR count). The topological polar surface area (TPSA) is 68.0 Å². The molecule has 0 fully saturated rings. The maximum Gasteiger partial charge on any atom is 0.335 e. The summed E-state index contributed by atoms with van der Waals surface area (Å²) in [6.07, 6.45) is 11.7. The Hall–Kier alpha value is -2.69. The van der Waals surface area contributed by atoms with Gasteiger partial charge in [0.05, 0.1) is 28.7 Å². The number of aryl methyl sites for hydroxylation is 1. The molecule has 0 atom stereocenters. The molecule has 0 aliphatic rings. The molecule has 0 spiro atoms. The lowest BCUT2D eigenvalue weighted by Crippen LogP contribution is -1.99. The molecule has 3 aromatic heterocycles. The van der Waals surface area contributed by atoms with E-state index in [9.17, 15) is 4.79 Å². The molecule has 0 unspecified atom stereocenters. The van der Waals surface area contributed by atoms with Crippen molar-refractivity contribution in [2.45, 2.75) is 45.6 Å². The van der Waals surface area contributed by atoms with E-state index < -0.39 is 5.97 Å². The van der Waals surface area contributed by atoms with E-state index in [4.69, 9.17) is 5.11 Å². The number of unbranched alkanes of at least 4 members (excludes halogenated alkanes) is 4. The number of rotatable bonds is 8. The van der Waals surface area contributed by atoms with Crippen LogP contribution in [-0.2, 0) is 6.54 Å². The van der Waals surface area contributed by atoms with Gasteiger partial charge in [-0.05, 0) is 30.7 Å². The number of carboxylic acids is 1. The van der Waals surface area contributed by atoms with E-state index in [1.54, 1.807) is 6.07 Å². The Labute approximate surface area is 147 Å². The second-order valence-electron chi connectivity index (χ2n) is 6.29. The zero-order chi connectivity index (χ0) is 17.6. The van der Waals surface area contributed by atoms with Crippen molar-refractivity contribution >= 4 is 16.9 Å². The van der Waals surface area contributed by atoms with Crippen LogP contribution >= 0.6 is 0 Å². The molecular formula is C20H23N3O2. The van der Waals surface area contributed by atoms with E-state index >= 15 is 0 Å². The van der Waals surface area contributed by atoms with Crippen molar-refractivity contribution in [2.24, 2.45) is 0 Å². The number of hydrogen-bond acceptors (Lipinski definition) is 3. The summed E-state index contributed by atoms with van der Waals surface area (Å²) in [5.41, 5.74) is 2.59. The van der Waals surface area contributed by atoms with Gasteiger partial charge in [-0.25, -0.2) is 4.79 Å². The average molecular weight is 337 g/mol. The monoisotopic (exact) mass is 337 g/mol. The Morgan fingerprint density at radius 1 is 1.08 bits per heavy atom. The summed E-state index contributed by atoms with van der Waals surface area (Å²) in [4.78, 5) is 19.9. The van der Waals surface area contributed by atoms with Gasteiger partial charge in [-0.1, -0.05) is 32.6 Å². The minimum absolute atomic E-state index is 0.219. The third-order valence-corrected chi connectivity index (χ3v) is 4.43. The predicted octanol–water partition coefficient (Wildman–Crippen LogP) is 4.77. The van der Waals surface area contributed by atoms with Gasteiger partial charge >= 0.3 is 5.97 Å². The molecule has 3 aromatic rings. The highest BCUT2D eigenvalue weighted by atomic mass is 16.4. The van der Waals surface area contributed by atoms with Crippen LogP contribution in [0.15, 0.2) is 42.9 Å². The molecular weight excluding hydrogens is 314 g/mol. The summed E-state index contributed by atoms with van der Waals surface area (Å²) in [5, 5.41) is 10.2. The van der Waals surface area contributed by atoms with Crippen LogP contribution in [0.3, 0.4) is 0 Å². The molecule has 0 saturated carbocycles. The largest absolute Gasteiger partial charge is 0.478 e. The summed E-state index contributed by atoms with van der Waals surface area (Å²) >= 11 is 0. The highest BCUT2D eigenvalue weighted by molar-refractivity contribution is 5.89. The quantitative estimate of drug-likeness (QED) is 0.601. The molecule has 25 heavy (non-hydrogen) atoms. The Morgan fingerprint density at radius 3 is 2.68 bits per heavy atom. The maximum absolute atomic E-state index is 11.1. The number of fused-ring (bicyclic) bond motifs is 1. The number of carbonyl (C=O) groups is 1. The van der Waals surface area contributed by atoms with Crippen molar-refractivity contribution in [3.8, 4) is 11.4 Å². The Kier molecular flexibility index (Phi) is 5.43. The molecule has 0 radical (unpaired) electrons. The van der Waals surface area contributed by atoms with E-state index in [0.717, 1.165) is 17.4 Å². The van der Waals surface area contributed by atoms with Gasteiger partial charge in [-0.3, -0.25) is 9.97 Å². The third-order valence-electron chi connectivity index (χ3n) is 4.43. The second-order valence-corrected chi connectivity index (χ2v) is 6.29. The Morgan fingerprint density at radius 2 is 1.88 bits per heavy atom. The van der Waals surface area contributed by atoms with E-state index in [1.807, 2.05) is 12.3 Å². The maximum atomic E-state index is 11.1. The third kappa shape index (κ3) is 4.05. The summed E-state index contributed by atoms with van der Waals surface area (Å²) in [6, 6.07) is 7.09. The van der Waals surface area contributed by atoms with Crippen LogP contribution in [0.2, 0.25) is 0 Å². The number of hydrogen-bond donors (Lipinski definition) is 1. The zero-order valence-electron chi connectivity index (χ0n) is 14.5. The average Bonchev–Trinajstić information content (AvgIpc) is 3.04. The standard InChI is InChI=1S/C20H23N3O2/c1-2-3-4-5-6-10-23-11-8-15-12-18(22-14-19(15)23)17-13-16(20(24)25)7-9-21-17/h7-9,11-14H,2-6,10H2,1H3,(H,24,25). The van der Waals surface area contributed by atoms with Gasteiger partial charge in [0.25, 0.3) is 0 Å². The van der Waals surface area contributed by atoms with Crippen LogP contribution in [0.4, 0.5) is 0 Å². The van der Waals surface area contributed by atoms with Gasteiger partial charge in [0, 0.05) is 24.3 Å². The molecule has 0 bridgehead atoms. The fraction of sp³-hybridized carbons (Fsp3) is 0.350. The molecule has 3 heterocycles. The first kappa shape index (κ1) is 17.1. The number of pyridine rings is 2. The first-order chi connectivity index (χ1) is 12.2. The molecule has 5 heteroatoms. The summed E-state index contributed by atoms with van der Waals surface area (Å²) in [5.74, 6) is -0.959. The van der Waals surface area contributed by atoms with E-state index in [2.05, 4.69) is 33.7 Å². The van der Waals surface area contributed by atoms with Gasteiger partial charge in [-0.2, -0.15) is 0 Å². The van der Waals surface area contributed by atoms with Crippen LogP contribution in [0.5, 0.6) is 0 Å². The van der Waals surface area contributed by atoms with Crippen molar-refractivity contribution < 1.29 is 9.90 Å². The van der Waals surface area contributed by atoms with E-state index in [-0.39, 0.29) is 5.56 Å². The molecule has 0 amide bonds. The smallest absolute Gasteiger partial charge is 0.335 e. The van der Waals surface area contributed by atoms with E-state index in [1.165, 1.54) is 44.4 Å². The first-order valence-electron chi connectivity index (χ1n) is 8.83. The number of carboxylic acid groups (broad SMARTS) is 1. The van der Waals surface area contributed by atoms with Crippen LogP contribution < -0.4 is 0 Å². The van der Waals surface area contributed by atoms with Gasteiger partial charge in [0.15, 0.2) is 0 Å². The highest BCUT2D eigenvalue weighted by Gasteiger charge is 2.09. The van der Waals surface area contributed by atoms with Gasteiger partial charge < -0.3 is 9.67 Å². The van der Waals surface area contributed by atoms with Gasteiger partial charge in [0.2, 0.25) is 0 Å². The summed E-state index contributed by atoms with van der Waals surface area (Å²) in [7, 11) is 0. The van der Waals surface area contributed by atoms with Crippen molar-refractivity contribution in [3.63, 3.8) is 0 Å². The molecule has 0 aliphatic carbocycles. The lowest BCUT2D eigenvalue weighted by Gasteiger charge is -2.06. The molecule has 1 N–H and O–H groups in total. The number of aromatic nitrogens is 3. The van der Waals surface area contributed by atoms with Crippen LogP contribution in [0.25, 0.3) is 22.3 Å². The van der Waals surface area contributed by atoms with Gasteiger partial charge in [-0.15, -0.1) is 0 Å². The van der Waals surface area contributed by atoms with Crippen LogP contribution in [-0.4, -0.2) is 25.6 Å². The fourth-order valence-electron chi connectivity index (χ4n) is 3.01. The highest BCUT2D eigenvalue weighted by Crippen LogP contribution is 2.22. The molecule has 0 aromatic carbocycles. The van der Waals surface area contributed by atoms with Crippen molar-refractivity contribution in [2.75, 3.05) is 0 Å². The number of aromatic carboxylic acids is 1. The molecule has 0 aliphatic heterocycles. The lowest BCUT2D eigenvalue weighted by molar-refractivity contribution is 0.0697. The first-order valence-corrected chi connectivity index (χ1v) is 8.83. The molecule has 0 saturated heterocycles. The van der Waals surface area contributed by atoms with Crippen LogP contribution in [0.1, 0.15) is 49.4 Å². The number of nitrogens with zero attached hydrogens (tertiary/aromatic N) is 3. The summed E-state index contributed by atoms with van der Waals surface area (Å²) < 4.78 is 2.24.